The number of hydrogen-bond donors (Lipinski definition) is 18. The summed E-state index contributed by atoms with van der Waals surface area (Å²) in [6.07, 6.45) is 5.86. The first kappa shape index (κ1) is 64.0. The molecule has 22 N–H and O–H groups in total. The molecule has 0 fully saturated rings. The zero-order valence-electron chi connectivity index (χ0n) is 42.3. The maximum Gasteiger partial charge on any atom is 0.284 e. The number of carbonyl (C=O) groups excluding carboxylic acids is 11. The fourth-order valence-corrected chi connectivity index (χ4v) is 7.00. The highest BCUT2D eigenvalue weighted by molar-refractivity contribution is 6.24. The number of rotatable bonds is 36. The Kier molecular flexibility index (Phi) is 28.4. The molecule has 9 atom stereocenters. The lowest BCUT2D eigenvalue weighted by atomic mass is 10.0. The number of aliphatic hydroxyl groups excluding tert-OH is 3. The molecule has 0 radical (unpaired) electrons. The number of primary amides is 1. The molecule has 0 aliphatic carbocycles. The average molecular weight is 1080 g/mol. The molecule has 0 bridgehead atoms. The molecule has 0 aliphatic heterocycles. The average Bonchev–Trinajstić information content (AvgIpc) is 4.10. The molecular formula is C44H72N18O14. The van der Waals surface area contributed by atoms with Gasteiger partial charge in [-0.1, -0.05) is 13.8 Å². The number of nitrogens with one attached hydrogen (secondary N) is 11. The number of nitrogens with zero attached hydrogens (tertiary/aromatic N) is 3. The van der Waals surface area contributed by atoms with Crippen molar-refractivity contribution >= 4 is 71.3 Å². The molecule has 0 spiro atoms. The van der Waals surface area contributed by atoms with E-state index in [1.807, 2.05) is 5.32 Å². The molecule has 0 saturated carbocycles. The number of aliphatic hydroxyl groups is 3. The molecule has 10 amide bonds. The fraction of sp³-hybridized carbons (Fsp3) is 0.591. The van der Waals surface area contributed by atoms with Crippen LogP contribution in [-0.4, -0.2) is 194 Å². The number of nitrogens with two attached hydrogens (primary N) is 4. The minimum atomic E-state index is -1.84. The van der Waals surface area contributed by atoms with Crippen LogP contribution in [0.15, 0.2) is 30.0 Å². The maximum absolute atomic E-state index is 13.9. The first-order chi connectivity index (χ1) is 36.1. The van der Waals surface area contributed by atoms with Crippen LogP contribution >= 0.6 is 0 Å². The number of hydrogen-bond acceptors (Lipinski definition) is 18. The van der Waals surface area contributed by atoms with Gasteiger partial charge < -0.3 is 96.1 Å². The Labute approximate surface area is 436 Å². The van der Waals surface area contributed by atoms with E-state index >= 15 is 0 Å². The summed E-state index contributed by atoms with van der Waals surface area (Å²) in [4.78, 5) is 160. The lowest BCUT2D eigenvalue weighted by molar-refractivity contribution is -0.137. The molecular weight excluding hydrogens is 1000 g/mol. The Bertz CT molecular complexity index is 2260. The van der Waals surface area contributed by atoms with E-state index in [4.69, 9.17) is 22.9 Å². The van der Waals surface area contributed by atoms with Crippen LogP contribution in [0, 0.1) is 5.92 Å². The van der Waals surface area contributed by atoms with Gasteiger partial charge in [0.2, 0.25) is 59.5 Å². The second-order valence-electron chi connectivity index (χ2n) is 17.7. The fourth-order valence-electron chi connectivity index (χ4n) is 7.00. The highest BCUT2D eigenvalue weighted by Crippen LogP contribution is 2.10. The van der Waals surface area contributed by atoms with Crippen LogP contribution in [0.3, 0.4) is 0 Å². The third kappa shape index (κ3) is 23.0. The Morgan fingerprint density at radius 2 is 0.961 bits per heavy atom. The number of aromatic amines is 2. The molecule has 32 nitrogen and oxygen atoms in total. The van der Waals surface area contributed by atoms with Crippen molar-refractivity contribution < 1.29 is 68.1 Å². The number of guanidine groups is 1. The Morgan fingerprint density at radius 3 is 1.39 bits per heavy atom. The number of H-pyrrole nitrogens is 2. The molecule has 422 valence electrons. The number of aliphatic imine (C=N–C) groups is 1. The minimum Gasteiger partial charge on any atom is -0.394 e. The van der Waals surface area contributed by atoms with Gasteiger partial charge >= 0.3 is 0 Å². The zero-order chi connectivity index (χ0) is 56.9. The van der Waals surface area contributed by atoms with Crippen molar-refractivity contribution in [2.75, 3.05) is 32.9 Å². The molecule has 32 heteroatoms. The molecule has 76 heavy (non-hydrogen) atoms. The van der Waals surface area contributed by atoms with Gasteiger partial charge in [-0.25, -0.2) is 9.97 Å². The van der Waals surface area contributed by atoms with Crippen LogP contribution in [0.4, 0.5) is 0 Å². The van der Waals surface area contributed by atoms with E-state index in [1.54, 1.807) is 13.8 Å². The quantitative estimate of drug-likeness (QED) is 0.00990. The van der Waals surface area contributed by atoms with Crippen molar-refractivity contribution in [2.24, 2.45) is 33.8 Å². The van der Waals surface area contributed by atoms with Crippen LogP contribution in [0.5, 0.6) is 0 Å². The van der Waals surface area contributed by atoms with Gasteiger partial charge in [-0.2, -0.15) is 0 Å². The number of amides is 10. The smallest absolute Gasteiger partial charge is 0.284 e. The standard InChI is InChI=1S/C44H72N18O14/c1-22(2)11-28(38(71)56-26(35(46)68)7-4-5-9-45)59-39(72)30(13-25-15-50-21-53-25)60-42(75)32(17-64)62-43(76)33(18-65)61-40(73)29(12-24-14-49-20-52-24)58-36(69)23(3)54-37(70)27(8-6-10-51-44(47)48)57-41(74)31(16-63)55-34(67)19-66/h14-15,19-23,26-33,63-65H,4-13,16-18,45H2,1-3H3,(H2,46,68)(H,49,52)(H,50,53)(H,54,70)(H,55,67)(H,56,71)(H,57,74)(H,58,69)(H,59,72)(H,60,75)(H,61,73)(H,62,76)(H4,47,48,51)/t23-,26-,27-,28-,29-,30-,31-,32-,33-/m0/s1. The summed E-state index contributed by atoms with van der Waals surface area (Å²) in [5, 5.41) is 51.4. The molecule has 2 aromatic rings. The predicted octanol–water partition coefficient (Wildman–Crippen LogP) is -8.81. The zero-order valence-corrected chi connectivity index (χ0v) is 42.3. The Morgan fingerprint density at radius 1 is 0.553 bits per heavy atom. The lowest BCUT2D eigenvalue weighted by Crippen LogP contribution is -2.61. The van der Waals surface area contributed by atoms with Crippen LogP contribution < -0.4 is 70.8 Å². The number of carbonyl (C=O) groups is 11. The number of aldehydes is 1. The molecule has 0 aliphatic rings. The van der Waals surface area contributed by atoms with E-state index in [-0.39, 0.29) is 63.2 Å². The number of aromatic nitrogens is 4. The summed E-state index contributed by atoms with van der Waals surface area (Å²) in [6, 6.07) is -13.5. The topological polar surface area (TPSA) is 531 Å². The van der Waals surface area contributed by atoms with Gasteiger partial charge in [-0.15, -0.1) is 0 Å². The third-order valence-corrected chi connectivity index (χ3v) is 11.1. The van der Waals surface area contributed by atoms with E-state index in [9.17, 15) is 68.1 Å². The van der Waals surface area contributed by atoms with E-state index < -0.39 is 133 Å². The molecule has 0 aromatic carbocycles. The molecule has 2 rings (SSSR count). The summed E-state index contributed by atoms with van der Waals surface area (Å²) in [5.74, 6) is -10.5. The molecule has 0 unspecified atom stereocenters. The lowest BCUT2D eigenvalue weighted by Gasteiger charge is -2.27. The van der Waals surface area contributed by atoms with E-state index in [1.165, 1.54) is 32.0 Å². The second-order valence-corrected chi connectivity index (χ2v) is 17.7. The van der Waals surface area contributed by atoms with Crippen molar-refractivity contribution in [2.45, 2.75) is 127 Å². The second kappa shape index (κ2) is 33.7. The predicted molar refractivity (Wildman–Crippen MR) is 266 cm³/mol. The summed E-state index contributed by atoms with van der Waals surface area (Å²) in [5.41, 5.74) is 22.5. The highest BCUT2D eigenvalue weighted by Gasteiger charge is 2.35. The van der Waals surface area contributed by atoms with Gasteiger partial charge in [0.15, 0.2) is 5.96 Å². The van der Waals surface area contributed by atoms with Crippen LogP contribution in [-0.2, 0) is 65.6 Å². The number of unbranched alkanes of at least 4 members (excludes halogenated alkanes) is 1. The summed E-state index contributed by atoms with van der Waals surface area (Å²) < 4.78 is 0. The van der Waals surface area contributed by atoms with E-state index in [2.05, 4.69) is 67.5 Å². The molecule has 2 heterocycles. The first-order valence-electron chi connectivity index (χ1n) is 24.1. The van der Waals surface area contributed by atoms with Gasteiger partial charge in [0.05, 0.1) is 32.5 Å². The van der Waals surface area contributed by atoms with Crippen LogP contribution in [0.25, 0.3) is 0 Å². The van der Waals surface area contributed by atoms with Crippen molar-refractivity contribution in [1.29, 1.82) is 0 Å². The minimum absolute atomic E-state index is 0.00178. The van der Waals surface area contributed by atoms with Gasteiger partial charge in [0.25, 0.3) is 5.91 Å². The van der Waals surface area contributed by atoms with Gasteiger partial charge in [0.1, 0.15) is 54.4 Å². The largest absolute Gasteiger partial charge is 0.394 e. The summed E-state index contributed by atoms with van der Waals surface area (Å²) >= 11 is 0. The van der Waals surface area contributed by atoms with Gasteiger partial charge in [-0.3, -0.25) is 57.7 Å². The maximum atomic E-state index is 13.9. The Hall–Kier alpha value is -8.10. The van der Waals surface area contributed by atoms with Crippen molar-refractivity contribution in [1.82, 2.24) is 67.8 Å². The molecule has 0 saturated heterocycles. The normalized spacial score (nSPS) is 14.5. The number of imidazole rings is 2. The van der Waals surface area contributed by atoms with Crippen molar-refractivity contribution in [3.63, 3.8) is 0 Å². The molecule has 2 aromatic heterocycles. The SMILES string of the molecule is CC(C)C[C@H](NC(=O)[C@H](Cc1cnc[nH]1)NC(=O)[C@H](CO)NC(=O)[C@H](CO)NC(=O)[C@H](Cc1cnc[nH]1)NC(=O)[C@H](C)NC(=O)[C@H](CCCN=C(N)N)NC(=O)[C@H](CO)NC(=O)C=O)C(=O)N[C@@H](CCCCN)C(N)=O. The van der Waals surface area contributed by atoms with Gasteiger partial charge in [-0.05, 0) is 57.9 Å². The summed E-state index contributed by atoms with van der Waals surface area (Å²) in [6.45, 7) is 2.02. The van der Waals surface area contributed by atoms with Gasteiger partial charge in [0, 0.05) is 43.2 Å². The Balaban J connectivity index is 2.28. The monoisotopic (exact) mass is 1080 g/mol. The summed E-state index contributed by atoms with van der Waals surface area (Å²) in [7, 11) is 0. The van der Waals surface area contributed by atoms with E-state index in [0.29, 0.717) is 30.8 Å². The third-order valence-electron chi connectivity index (χ3n) is 11.1. The highest BCUT2D eigenvalue weighted by atomic mass is 16.3. The van der Waals surface area contributed by atoms with Crippen molar-refractivity contribution in [3.05, 3.63) is 36.4 Å². The first-order valence-corrected chi connectivity index (χ1v) is 24.1. The van der Waals surface area contributed by atoms with Crippen LogP contribution in [0.2, 0.25) is 0 Å². The van der Waals surface area contributed by atoms with Crippen LogP contribution in [0.1, 0.15) is 70.7 Å². The van der Waals surface area contributed by atoms with E-state index in [0.717, 1.165) is 0 Å². The van der Waals surface area contributed by atoms with Crippen molar-refractivity contribution in [3.8, 4) is 0 Å².